The fraction of sp³-hybridized carbons (Fsp3) is 0.917. The Morgan fingerprint density at radius 2 is 1.88 bits per heavy atom. The summed E-state index contributed by atoms with van der Waals surface area (Å²) in [5.41, 5.74) is 0.176. The van der Waals surface area contributed by atoms with Gasteiger partial charge in [0.1, 0.15) is 0 Å². The topological polar surface area (TPSA) is 48.5 Å². The summed E-state index contributed by atoms with van der Waals surface area (Å²) >= 11 is 0. The van der Waals surface area contributed by atoms with Gasteiger partial charge in [0, 0.05) is 31.7 Å². The van der Waals surface area contributed by atoms with Gasteiger partial charge in [0.05, 0.1) is 0 Å². The summed E-state index contributed by atoms with van der Waals surface area (Å²) in [6.07, 6.45) is 1.10. The van der Waals surface area contributed by atoms with Crippen molar-refractivity contribution in [1.29, 1.82) is 0 Å². The van der Waals surface area contributed by atoms with Gasteiger partial charge in [-0.2, -0.15) is 0 Å². The molecule has 0 spiro atoms. The van der Waals surface area contributed by atoms with E-state index in [1.807, 2.05) is 0 Å². The van der Waals surface area contributed by atoms with Crippen LogP contribution in [0, 0.1) is 0 Å². The maximum absolute atomic E-state index is 4.18. The molecule has 16 heavy (non-hydrogen) atoms. The second-order valence-electron chi connectivity index (χ2n) is 5.13. The molecule has 0 radical (unpaired) electrons. The molecule has 0 saturated carbocycles. The largest absolute Gasteiger partial charge is 0.355 e. The van der Waals surface area contributed by atoms with Crippen LogP contribution in [0.25, 0.3) is 0 Å². The van der Waals surface area contributed by atoms with E-state index in [0.29, 0.717) is 6.04 Å². The van der Waals surface area contributed by atoms with Gasteiger partial charge in [-0.15, -0.1) is 0 Å². The zero-order chi connectivity index (χ0) is 12.6. The Morgan fingerprint density at radius 1 is 1.25 bits per heavy atom. The van der Waals surface area contributed by atoms with E-state index in [4.69, 9.17) is 0 Å². The molecule has 0 aliphatic rings. The number of rotatable bonds is 5. The van der Waals surface area contributed by atoms with Crippen LogP contribution in [0.3, 0.4) is 0 Å². The summed E-state index contributed by atoms with van der Waals surface area (Å²) in [4.78, 5) is 4.18. The maximum atomic E-state index is 4.18. The average molecular weight is 228 g/mol. The minimum atomic E-state index is 0.176. The van der Waals surface area contributed by atoms with Crippen LogP contribution in [0.4, 0.5) is 0 Å². The van der Waals surface area contributed by atoms with Gasteiger partial charge in [-0.1, -0.05) is 6.92 Å². The fourth-order valence-electron chi connectivity index (χ4n) is 1.15. The second-order valence-corrected chi connectivity index (χ2v) is 5.13. The van der Waals surface area contributed by atoms with Crippen molar-refractivity contribution in [3.63, 3.8) is 0 Å². The lowest BCUT2D eigenvalue weighted by Gasteiger charge is -2.21. The lowest BCUT2D eigenvalue weighted by molar-refractivity contribution is 0.428. The summed E-state index contributed by atoms with van der Waals surface area (Å²) in [5.74, 6) is 0.880. The standard InChI is InChI=1S/C12H28N4/c1-7-10(2)16-11(13-6)14-8-9-15-12(3,4)5/h10,15H,7-9H2,1-6H3,(H2,13,14,16). The minimum absolute atomic E-state index is 0.176. The molecule has 0 aliphatic carbocycles. The number of nitrogens with zero attached hydrogens (tertiary/aromatic N) is 1. The highest BCUT2D eigenvalue weighted by Crippen LogP contribution is 1.96. The summed E-state index contributed by atoms with van der Waals surface area (Å²) in [7, 11) is 1.80. The molecule has 0 aliphatic heterocycles. The predicted octanol–water partition coefficient (Wildman–Crippen LogP) is 1.34. The Balaban J connectivity index is 3.73. The van der Waals surface area contributed by atoms with Gasteiger partial charge in [-0.3, -0.25) is 4.99 Å². The van der Waals surface area contributed by atoms with E-state index in [0.717, 1.165) is 25.5 Å². The average Bonchev–Trinajstić information content (AvgIpc) is 2.20. The van der Waals surface area contributed by atoms with Crippen LogP contribution in [-0.4, -0.2) is 37.7 Å². The monoisotopic (exact) mass is 228 g/mol. The molecule has 3 N–H and O–H groups in total. The van der Waals surface area contributed by atoms with Crippen molar-refractivity contribution in [2.75, 3.05) is 20.1 Å². The Labute approximate surface area is 100 Å². The Kier molecular flexibility index (Phi) is 7.13. The quantitative estimate of drug-likeness (QED) is 0.378. The van der Waals surface area contributed by atoms with E-state index < -0.39 is 0 Å². The van der Waals surface area contributed by atoms with E-state index in [1.165, 1.54) is 0 Å². The number of hydrogen-bond donors (Lipinski definition) is 3. The van der Waals surface area contributed by atoms with Crippen LogP contribution in [0.5, 0.6) is 0 Å². The number of hydrogen-bond acceptors (Lipinski definition) is 2. The number of aliphatic imine (C=N–C) groups is 1. The molecule has 4 nitrogen and oxygen atoms in total. The summed E-state index contributed by atoms with van der Waals surface area (Å²) in [6, 6.07) is 0.460. The van der Waals surface area contributed by atoms with Crippen LogP contribution in [0.15, 0.2) is 4.99 Å². The van der Waals surface area contributed by atoms with Crippen LogP contribution in [-0.2, 0) is 0 Å². The zero-order valence-electron chi connectivity index (χ0n) is 11.6. The first kappa shape index (κ1) is 15.2. The third kappa shape index (κ3) is 8.53. The van der Waals surface area contributed by atoms with Crippen molar-refractivity contribution in [1.82, 2.24) is 16.0 Å². The smallest absolute Gasteiger partial charge is 0.191 e. The first-order valence-electron chi connectivity index (χ1n) is 6.11. The van der Waals surface area contributed by atoms with Crippen LogP contribution in [0.2, 0.25) is 0 Å². The van der Waals surface area contributed by atoms with Crippen molar-refractivity contribution in [3.8, 4) is 0 Å². The molecule has 0 aromatic heterocycles. The van der Waals surface area contributed by atoms with Gasteiger partial charge in [0.2, 0.25) is 0 Å². The molecule has 0 saturated heterocycles. The van der Waals surface area contributed by atoms with E-state index in [2.05, 4.69) is 55.6 Å². The fourth-order valence-corrected chi connectivity index (χ4v) is 1.15. The van der Waals surface area contributed by atoms with Crippen molar-refractivity contribution in [2.45, 2.75) is 52.6 Å². The van der Waals surface area contributed by atoms with Gasteiger partial charge in [0.15, 0.2) is 5.96 Å². The summed E-state index contributed by atoms with van der Waals surface area (Å²) in [6.45, 7) is 12.6. The van der Waals surface area contributed by atoms with Crippen molar-refractivity contribution in [2.24, 2.45) is 4.99 Å². The van der Waals surface area contributed by atoms with Gasteiger partial charge in [-0.05, 0) is 34.1 Å². The predicted molar refractivity (Wildman–Crippen MR) is 72.0 cm³/mol. The first-order chi connectivity index (χ1) is 7.39. The second kappa shape index (κ2) is 7.49. The van der Waals surface area contributed by atoms with E-state index in [9.17, 15) is 0 Å². The van der Waals surface area contributed by atoms with Crippen molar-refractivity contribution in [3.05, 3.63) is 0 Å². The van der Waals surface area contributed by atoms with Crippen LogP contribution >= 0.6 is 0 Å². The molecule has 0 rings (SSSR count). The SMILES string of the molecule is CCC(C)NC(=NC)NCCNC(C)(C)C. The highest BCUT2D eigenvalue weighted by atomic mass is 15.2. The Morgan fingerprint density at radius 3 is 2.31 bits per heavy atom. The Bertz CT molecular complexity index is 206. The lowest BCUT2D eigenvalue weighted by atomic mass is 10.1. The molecule has 4 heteroatoms. The molecule has 1 atom stereocenters. The lowest BCUT2D eigenvalue weighted by Crippen LogP contribution is -2.46. The van der Waals surface area contributed by atoms with E-state index in [-0.39, 0.29) is 5.54 Å². The van der Waals surface area contributed by atoms with Gasteiger partial charge in [0.25, 0.3) is 0 Å². The van der Waals surface area contributed by atoms with Gasteiger partial charge in [-0.25, -0.2) is 0 Å². The first-order valence-corrected chi connectivity index (χ1v) is 6.11. The number of nitrogens with one attached hydrogen (secondary N) is 3. The molecule has 0 aromatic rings. The molecule has 0 amide bonds. The van der Waals surface area contributed by atoms with Crippen molar-refractivity contribution >= 4 is 5.96 Å². The van der Waals surface area contributed by atoms with E-state index in [1.54, 1.807) is 7.05 Å². The molecule has 0 aromatic carbocycles. The third-order valence-electron chi connectivity index (χ3n) is 2.29. The van der Waals surface area contributed by atoms with Crippen LogP contribution < -0.4 is 16.0 Å². The zero-order valence-corrected chi connectivity index (χ0v) is 11.6. The molecular formula is C12H28N4. The third-order valence-corrected chi connectivity index (χ3v) is 2.29. The molecule has 1 unspecified atom stereocenters. The molecule has 0 fully saturated rings. The summed E-state index contributed by atoms with van der Waals surface area (Å²) < 4.78 is 0. The Hall–Kier alpha value is -0.770. The molecule has 0 bridgehead atoms. The van der Waals surface area contributed by atoms with Crippen LogP contribution in [0.1, 0.15) is 41.0 Å². The molecular weight excluding hydrogens is 200 g/mol. The molecule has 0 heterocycles. The maximum Gasteiger partial charge on any atom is 0.191 e. The minimum Gasteiger partial charge on any atom is -0.355 e. The summed E-state index contributed by atoms with van der Waals surface area (Å²) in [5, 5.41) is 10.0. The normalized spacial score (nSPS) is 14.8. The highest BCUT2D eigenvalue weighted by Gasteiger charge is 2.07. The highest BCUT2D eigenvalue weighted by molar-refractivity contribution is 5.79. The molecule has 96 valence electrons. The van der Waals surface area contributed by atoms with Gasteiger partial charge >= 0.3 is 0 Å². The van der Waals surface area contributed by atoms with Gasteiger partial charge < -0.3 is 16.0 Å². The number of guanidine groups is 1. The van der Waals surface area contributed by atoms with Crippen molar-refractivity contribution < 1.29 is 0 Å². The van der Waals surface area contributed by atoms with E-state index >= 15 is 0 Å².